The molecule has 0 radical (unpaired) electrons. The average molecular weight is 489 g/mol. The Morgan fingerprint density at radius 2 is 1.76 bits per heavy atom. The van der Waals surface area contributed by atoms with Crippen LogP contribution in [0.1, 0.15) is 18.4 Å². The summed E-state index contributed by atoms with van der Waals surface area (Å²) in [5.41, 5.74) is 1.33. The van der Waals surface area contributed by atoms with Crippen LogP contribution in [0.3, 0.4) is 0 Å². The van der Waals surface area contributed by atoms with Crippen molar-refractivity contribution in [3.05, 3.63) is 48.0 Å². The van der Waals surface area contributed by atoms with E-state index in [-0.39, 0.29) is 36.4 Å². The van der Waals surface area contributed by atoms with Crippen molar-refractivity contribution in [2.24, 2.45) is 5.92 Å². The molecule has 1 atom stereocenters. The molecule has 4 rings (SSSR count). The largest absolute Gasteiger partial charge is 0.496 e. The van der Waals surface area contributed by atoms with E-state index >= 15 is 0 Å². The summed E-state index contributed by atoms with van der Waals surface area (Å²) in [4.78, 5) is 27.3. The number of aryl methyl sites for hydroxylation is 1. The summed E-state index contributed by atoms with van der Waals surface area (Å²) in [7, 11) is -0.867. The van der Waals surface area contributed by atoms with Crippen LogP contribution in [0.15, 0.2) is 47.4 Å². The molecule has 1 unspecified atom stereocenters. The van der Waals surface area contributed by atoms with Crippen molar-refractivity contribution in [3.63, 3.8) is 0 Å². The summed E-state index contributed by atoms with van der Waals surface area (Å²) < 4.78 is 43.5. The first-order chi connectivity index (χ1) is 16.3. The van der Waals surface area contributed by atoms with Crippen molar-refractivity contribution in [3.8, 4) is 11.5 Å². The Kier molecular flexibility index (Phi) is 6.81. The van der Waals surface area contributed by atoms with E-state index in [1.807, 2.05) is 0 Å². The number of amides is 1. The maximum Gasteiger partial charge on any atom is 0.348 e. The fourth-order valence-corrected chi connectivity index (χ4v) is 5.98. The van der Waals surface area contributed by atoms with Crippen LogP contribution in [0.25, 0.3) is 0 Å². The number of hydrogen-bond acceptors (Lipinski definition) is 7. The molecule has 2 aromatic rings. The summed E-state index contributed by atoms with van der Waals surface area (Å²) in [6, 6.07) is 11.8. The van der Waals surface area contributed by atoms with Crippen molar-refractivity contribution >= 4 is 27.6 Å². The molecule has 0 aromatic heterocycles. The third-order valence-corrected chi connectivity index (χ3v) is 8.21. The molecular weight excluding hydrogens is 460 g/mol. The number of anilines is 1. The van der Waals surface area contributed by atoms with Crippen LogP contribution in [0.4, 0.5) is 5.69 Å². The lowest BCUT2D eigenvalue weighted by atomic mass is 9.95. The van der Waals surface area contributed by atoms with Gasteiger partial charge in [-0.2, -0.15) is 4.31 Å². The van der Waals surface area contributed by atoms with E-state index in [1.165, 1.54) is 17.5 Å². The Hall–Kier alpha value is -3.11. The molecule has 1 saturated heterocycles. The summed E-state index contributed by atoms with van der Waals surface area (Å²) in [6.45, 7) is 2.31. The lowest BCUT2D eigenvalue weighted by molar-refractivity contribution is -0.148. The number of ether oxygens (including phenoxy) is 3. The van der Waals surface area contributed by atoms with E-state index in [9.17, 15) is 18.0 Å². The topological polar surface area (TPSA) is 102 Å². The molecule has 34 heavy (non-hydrogen) atoms. The van der Waals surface area contributed by atoms with E-state index in [2.05, 4.69) is 0 Å². The molecule has 10 heteroatoms. The maximum absolute atomic E-state index is 13.5. The zero-order valence-electron chi connectivity index (χ0n) is 19.4. The predicted octanol–water partition coefficient (Wildman–Crippen LogP) is 2.37. The molecule has 2 aromatic carbocycles. The molecule has 182 valence electrons. The van der Waals surface area contributed by atoms with Crippen molar-refractivity contribution in [2.75, 3.05) is 38.8 Å². The van der Waals surface area contributed by atoms with Gasteiger partial charge in [0.05, 0.1) is 31.3 Å². The standard InChI is InChI=1S/C24H28N2O7S/c1-16-14-18(8-9-20(16)31-2)34(29,30)25-12-10-17(11-13-25)23(27)26-15-22(24(28)32-3)33-21-7-5-4-6-19(21)26/h4-9,14,17,22H,10-13,15H2,1-3H3. The molecule has 0 spiro atoms. The van der Waals surface area contributed by atoms with Gasteiger partial charge in [0.1, 0.15) is 11.5 Å². The number of piperidine rings is 1. The number of carbonyl (C=O) groups is 2. The highest BCUT2D eigenvalue weighted by Crippen LogP contribution is 2.36. The second kappa shape index (κ2) is 9.63. The predicted molar refractivity (Wildman–Crippen MR) is 124 cm³/mol. The first kappa shape index (κ1) is 24.0. The number of nitrogens with zero attached hydrogens (tertiary/aromatic N) is 2. The first-order valence-corrected chi connectivity index (χ1v) is 12.5. The highest BCUT2D eigenvalue weighted by Gasteiger charge is 2.39. The van der Waals surface area contributed by atoms with Crippen LogP contribution >= 0.6 is 0 Å². The van der Waals surface area contributed by atoms with Gasteiger partial charge in [0.15, 0.2) is 0 Å². The van der Waals surface area contributed by atoms with Crippen molar-refractivity contribution in [1.82, 2.24) is 4.31 Å². The van der Waals surface area contributed by atoms with Gasteiger partial charge < -0.3 is 19.1 Å². The van der Waals surface area contributed by atoms with Gasteiger partial charge in [-0.05, 0) is 55.7 Å². The van der Waals surface area contributed by atoms with Crippen molar-refractivity contribution in [2.45, 2.75) is 30.8 Å². The highest BCUT2D eigenvalue weighted by molar-refractivity contribution is 7.89. The molecule has 1 fully saturated rings. The van der Waals surface area contributed by atoms with Crippen LogP contribution in [0.5, 0.6) is 11.5 Å². The summed E-state index contributed by atoms with van der Waals surface area (Å²) in [5, 5.41) is 0. The smallest absolute Gasteiger partial charge is 0.348 e. The van der Waals surface area contributed by atoms with Gasteiger partial charge in [0.25, 0.3) is 0 Å². The Balaban J connectivity index is 1.48. The van der Waals surface area contributed by atoms with E-state index in [4.69, 9.17) is 14.2 Å². The maximum atomic E-state index is 13.5. The Morgan fingerprint density at radius 3 is 2.41 bits per heavy atom. The van der Waals surface area contributed by atoms with Crippen molar-refractivity contribution in [1.29, 1.82) is 0 Å². The average Bonchev–Trinajstić information content (AvgIpc) is 2.87. The number of benzene rings is 2. The fourth-order valence-electron chi connectivity index (χ4n) is 4.42. The third kappa shape index (κ3) is 4.47. The van der Waals surface area contributed by atoms with Gasteiger partial charge in [0.2, 0.25) is 22.0 Å². The van der Waals surface area contributed by atoms with Crippen LogP contribution < -0.4 is 14.4 Å². The molecular formula is C24H28N2O7S. The Morgan fingerprint density at radius 1 is 1.06 bits per heavy atom. The number of fused-ring (bicyclic) bond motifs is 1. The molecule has 0 aliphatic carbocycles. The van der Waals surface area contributed by atoms with Gasteiger partial charge >= 0.3 is 5.97 Å². The van der Waals surface area contributed by atoms with E-state index in [1.54, 1.807) is 55.3 Å². The number of carbonyl (C=O) groups excluding carboxylic acids is 2. The quantitative estimate of drug-likeness (QED) is 0.596. The van der Waals surface area contributed by atoms with Crippen molar-refractivity contribution < 1.29 is 32.2 Å². The SMILES string of the molecule is COC(=O)C1CN(C(=O)C2CCN(S(=O)(=O)c3ccc(OC)c(C)c3)CC2)c2ccccc2O1. The van der Waals surface area contributed by atoms with Crippen LogP contribution in [-0.2, 0) is 24.3 Å². The molecule has 2 aliphatic rings. The minimum absolute atomic E-state index is 0.0478. The number of sulfonamides is 1. The van der Waals surface area contributed by atoms with Gasteiger partial charge in [-0.1, -0.05) is 12.1 Å². The van der Waals surface area contributed by atoms with E-state index in [0.29, 0.717) is 30.0 Å². The monoisotopic (exact) mass is 488 g/mol. The third-order valence-electron chi connectivity index (χ3n) is 6.31. The zero-order chi connectivity index (χ0) is 24.5. The zero-order valence-corrected chi connectivity index (χ0v) is 20.2. The molecule has 0 N–H and O–H groups in total. The number of rotatable bonds is 5. The van der Waals surface area contributed by atoms with Gasteiger partial charge in [-0.25, -0.2) is 13.2 Å². The molecule has 0 bridgehead atoms. The van der Waals surface area contributed by atoms with E-state index in [0.717, 1.165) is 5.56 Å². The number of hydrogen-bond donors (Lipinski definition) is 0. The van der Waals surface area contributed by atoms with Gasteiger partial charge in [0, 0.05) is 19.0 Å². The minimum atomic E-state index is -3.68. The first-order valence-electron chi connectivity index (χ1n) is 11.1. The molecule has 2 aliphatic heterocycles. The molecule has 2 heterocycles. The number of para-hydroxylation sites is 2. The van der Waals surface area contributed by atoms with Crippen LogP contribution in [-0.4, -0.2) is 64.6 Å². The minimum Gasteiger partial charge on any atom is -0.496 e. The Bertz CT molecular complexity index is 1190. The molecule has 1 amide bonds. The van der Waals surface area contributed by atoms with Crippen LogP contribution in [0.2, 0.25) is 0 Å². The molecule has 0 saturated carbocycles. The van der Waals surface area contributed by atoms with Gasteiger partial charge in [-0.3, -0.25) is 4.79 Å². The highest BCUT2D eigenvalue weighted by atomic mass is 32.2. The van der Waals surface area contributed by atoms with E-state index < -0.39 is 22.1 Å². The number of methoxy groups -OCH3 is 2. The normalized spacial score (nSPS) is 19.1. The second-order valence-electron chi connectivity index (χ2n) is 8.36. The van der Waals surface area contributed by atoms with Crippen LogP contribution in [0, 0.1) is 12.8 Å². The van der Waals surface area contributed by atoms with Gasteiger partial charge in [-0.15, -0.1) is 0 Å². The summed E-state index contributed by atoms with van der Waals surface area (Å²) >= 11 is 0. The summed E-state index contributed by atoms with van der Waals surface area (Å²) in [5.74, 6) is -0.00908. The summed E-state index contributed by atoms with van der Waals surface area (Å²) in [6.07, 6.45) is -0.145. The molecule has 9 nitrogen and oxygen atoms in total. The Labute approximate surface area is 199 Å². The lowest BCUT2D eigenvalue weighted by Crippen LogP contribution is -2.51. The fraction of sp³-hybridized carbons (Fsp3) is 0.417. The lowest BCUT2D eigenvalue weighted by Gasteiger charge is -2.37. The number of esters is 1. The second-order valence-corrected chi connectivity index (χ2v) is 10.3.